The van der Waals surface area contributed by atoms with Gasteiger partial charge in [0.05, 0.1) is 0 Å². The van der Waals surface area contributed by atoms with Crippen molar-refractivity contribution in [2.75, 3.05) is 0 Å². The maximum atomic E-state index is 2.45. The highest BCUT2D eigenvalue weighted by Crippen LogP contribution is 2.51. The normalized spacial score (nSPS) is 14.8. The highest BCUT2D eigenvalue weighted by Gasteiger charge is 2.33. The zero-order valence-electron chi connectivity index (χ0n) is 24.0. The van der Waals surface area contributed by atoms with E-state index >= 15 is 0 Å². The molecule has 0 unspecified atom stereocenters. The first-order valence-corrected chi connectivity index (χ1v) is 14.2. The van der Waals surface area contributed by atoms with Crippen molar-refractivity contribution in [2.24, 2.45) is 0 Å². The summed E-state index contributed by atoms with van der Waals surface area (Å²) in [6, 6.07) is 36.0. The highest BCUT2D eigenvalue weighted by molar-refractivity contribution is 5.88. The zero-order valence-corrected chi connectivity index (χ0v) is 24.0. The standard InChI is InChI=1S/C39H38/c1-38(2,3)30-19-21-32-34(24-30)35-25-31(39(4,5)6)20-22-33(35)37(32)29-18-17-28(23-29)36(26-13-9-7-10-14-26)27-15-11-8-12-16-27/h7-25,37H,1-6H3. The summed E-state index contributed by atoms with van der Waals surface area (Å²) >= 11 is 0. The number of fused-ring (bicyclic) bond motifs is 3. The van der Waals surface area contributed by atoms with Gasteiger partial charge >= 0.3 is 0 Å². The predicted molar refractivity (Wildman–Crippen MR) is 167 cm³/mol. The summed E-state index contributed by atoms with van der Waals surface area (Å²) in [4.78, 5) is 0. The lowest BCUT2D eigenvalue weighted by atomic mass is 9.83. The molecule has 2 aliphatic carbocycles. The van der Waals surface area contributed by atoms with Crippen LogP contribution in [0.1, 0.15) is 80.8 Å². The van der Waals surface area contributed by atoms with Crippen LogP contribution in [0.25, 0.3) is 16.7 Å². The number of hydrogen-bond acceptors (Lipinski definition) is 0. The fraction of sp³-hybridized carbons (Fsp3) is 0.231. The van der Waals surface area contributed by atoms with Gasteiger partial charge in [-0.1, -0.05) is 157 Å². The molecule has 0 saturated carbocycles. The molecule has 0 N–H and O–H groups in total. The Balaban J connectivity index is 1.54. The maximum Gasteiger partial charge on any atom is 0.0352 e. The van der Waals surface area contributed by atoms with Crippen LogP contribution in [0.2, 0.25) is 0 Å². The van der Waals surface area contributed by atoms with Crippen molar-refractivity contribution < 1.29 is 0 Å². The summed E-state index contributed by atoms with van der Waals surface area (Å²) in [6.07, 6.45) is 7.09. The van der Waals surface area contributed by atoms with Crippen LogP contribution in [-0.4, -0.2) is 0 Å². The van der Waals surface area contributed by atoms with Crippen molar-refractivity contribution >= 4 is 5.57 Å². The molecular weight excluding hydrogens is 468 g/mol. The van der Waals surface area contributed by atoms with Crippen LogP contribution in [0, 0.1) is 0 Å². The number of allylic oxidation sites excluding steroid dienone is 5. The third kappa shape index (κ3) is 4.63. The second-order valence-electron chi connectivity index (χ2n) is 13.1. The number of hydrogen-bond donors (Lipinski definition) is 0. The molecule has 0 atom stereocenters. The number of benzene rings is 4. The smallest absolute Gasteiger partial charge is 0.0352 e. The van der Waals surface area contributed by atoms with E-state index in [1.165, 1.54) is 61.2 Å². The number of rotatable bonds is 3. The van der Waals surface area contributed by atoms with E-state index in [9.17, 15) is 0 Å². The van der Waals surface area contributed by atoms with Crippen LogP contribution < -0.4 is 0 Å². The first-order chi connectivity index (χ1) is 18.6. The maximum absolute atomic E-state index is 2.45. The lowest BCUT2D eigenvalue weighted by molar-refractivity contribution is 0.589. The Morgan fingerprint density at radius 2 is 1.00 bits per heavy atom. The lowest BCUT2D eigenvalue weighted by Gasteiger charge is -2.21. The van der Waals surface area contributed by atoms with Gasteiger partial charge in [-0.05, 0) is 72.1 Å². The fourth-order valence-electron chi connectivity index (χ4n) is 6.05. The molecule has 6 rings (SSSR count). The molecule has 39 heavy (non-hydrogen) atoms. The minimum Gasteiger partial charge on any atom is -0.0622 e. The average molecular weight is 507 g/mol. The molecule has 194 valence electrons. The minimum atomic E-state index is 0.109. The summed E-state index contributed by atoms with van der Waals surface area (Å²) in [6.45, 7) is 13.8. The van der Waals surface area contributed by atoms with E-state index in [4.69, 9.17) is 0 Å². The quantitative estimate of drug-likeness (QED) is 0.259. The Hall–Kier alpha value is -3.90. The molecule has 0 heteroatoms. The molecule has 0 bridgehead atoms. The second-order valence-corrected chi connectivity index (χ2v) is 13.1. The monoisotopic (exact) mass is 506 g/mol. The molecule has 0 aliphatic heterocycles. The summed E-state index contributed by atoms with van der Waals surface area (Å²) in [5.74, 6) is 0.236. The van der Waals surface area contributed by atoms with E-state index in [-0.39, 0.29) is 16.7 Å². The summed E-state index contributed by atoms with van der Waals surface area (Å²) in [5.41, 5.74) is 15.0. The van der Waals surface area contributed by atoms with E-state index in [0.29, 0.717) is 0 Å². The van der Waals surface area contributed by atoms with Crippen molar-refractivity contribution in [3.05, 3.63) is 160 Å². The molecule has 4 aromatic carbocycles. The molecule has 0 aromatic heterocycles. The zero-order chi connectivity index (χ0) is 27.4. The minimum absolute atomic E-state index is 0.109. The van der Waals surface area contributed by atoms with Crippen molar-refractivity contribution in [3.63, 3.8) is 0 Å². The van der Waals surface area contributed by atoms with Crippen LogP contribution >= 0.6 is 0 Å². The fourth-order valence-corrected chi connectivity index (χ4v) is 6.05. The Labute approximate surface area is 234 Å². The van der Waals surface area contributed by atoms with Crippen molar-refractivity contribution in [3.8, 4) is 11.1 Å². The van der Waals surface area contributed by atoms with Gasteiger partial charge in [-0.2, -0.15) is 0 Å². The average Bonchev–Trinajstić information content (AvgIpc) is 3.51. The molecule has 0 amide bonds. The SMILES string of the molecule is CC(C)(C)c1ccc2c(c1)-c1cc(C(C)(C)C)ccc1C2C1=CC(=C(c2ccccc2)c2ccccc2)C=C1. The van der Waals surface area contributed by atoms with Crippen molar-refractivity contribution in [2.45, 2.75) is 58.3 Å². The third-order valence-corrected chi connectivity index (χ3v) is 8.28. The van der Waals surface area contributed by atoms with Gasteiger partial charge in [-0.15, -0.1) is 0 Å². The van der Waals surface area contributed by atoms with Crippen molar-refractivity contribution in [1.29, 1.82) is 0 Å². The van der Waals surface area contributed by atoms with Crippen LogP contribution in [0.3, 0.4) is 0 Å². The topological polar surface area (TPSA) is 0 Å². The van der Waals surface area contributed by atoms with Gasteiger partial charge in [0.15, 0.2) is 0 Å². The van der Waals surface area contributed by atoms with Gasteiger partial charge < -0.3 is 0 Å². The van der Waals surface area contributed by atoms with Crippen LogP contribution in [-0.2, 0) is 10.8 Å². The van der Waals surface area contributed by atoms with E-state index in [1.54, 1.807) is 0 Å². The Morgan fingerprint density at radius 3 is 1.44 bits per heavy atom. The first-order valence-electron chi connectivity index (χ1n) is 14.2. The van der Waals surface area contributed by atoms with E-state index in [1.807, 2.05) is 0 Å². The molecular formula is C39H38. The van der Waals surface area contributed by atoms with E-state index in [0.717, 1.165) is 0 Å². The molecule has 0 spiro atoms. The van der Waals surface area contributed by atoms with Gasteiger partial charge in [0.25, 0.3) is 0 Å². The molecule has 2 aliphatic rings. The molecule has 0 heterocycles. The van der Waals surface area contributed by atoms with Gasteiger partial charge in [0.2, 0.25) is 0 Å². The van der Waals surface area contributed by atoms with Crippen LogP contribution in [0.4, 0.5) is 0 Å². The van der Waals surface area contributed by atoms with Gasteiger partial charge in [-0.3, -0.25) is 0 Å². The third-order valence-electron chi connectivity index (χ3n) is 8.28. The largest absolute Gasteiger partial charge is 0.0622 e. The lowest BCUT2D eigenvalue weighted by Crippen LogP contribution is -2.11. The summed E-state index contributed by atoms with van der Waals surface area (Å²) in [5, 5.41) is 0. The van der Waals surface area contributed by atoms with Gasteiger partial charge in [0, 0.05) is 5.92 Å². The van der Waals surface area contributed by atoms with Crippen LogP contribution in [0.15, 0.2) is 126 Å². The Bertz CT molecular complexity index is 1520. The second kappa shape index (κ2) is 9.38. The first kappa shape index (κ1) is 25.4. The predicted octanol–water partition coefficient (Wildman–Crippen LogP) is 10.4. The molecule has 0 fully saturated rings. The molecule has 0 saturated heterocycles. The Morgan fingerprint density at radius 1 is 0.538 bits per heavy atom. The van der Waals surface area contributed by atoms with E-state index in [2.05, 4.69) is 157 Å². The van der Waals surface area contributed by atoms with E-state index < -0.39 is 0 Å². The molecule has 4 aromatic rings. The van der Waals surface area contributed by atoms with Crippen LogP contribution in [0.5, 0.6) is 0 Å². The molecule has 0 nitrogen and oxygen atoms in total. The summed E-state index contributed by atoms with van der Waals surface area (Å²) < 4.78 is 0. The highest BCUT2D eigenvalue weighted by atomic mass is 14.4. The Kier molecular flexibility index (Phi) is 6.11. The molecule has 0 radical (unpaired) electrons. The van der Waals surface area contributed by atoms with Gasteiger partial charge in [0.1, 0.15) is 0 Å². The van der Waals surface area contributed by atoms with Crippen molar-refractivity contribution in [1.82, 2.24) is 0 Å². The summed E-state index contributed by atoms with van der Waals surface area (Å²) in [7, 11) is 0. The van der Waals surface area contributed by atoms with Gasteiger partial charge in [-0.25, -0.2) is 0 Å².